The fraction of sp³-hybridized carbons (Fsp3) is 0.550. The summed E-state index contributed by atoms with van der Waals surface area (Å²) in [6.07, 6.45) is 8.74. The zero-order valence-electron chi connectivity index (χ0n) is 14.3. The van der Waals surface area contributed by atoms with Crippen LogP contribution < -0.4 is 5.32 Å². The molecule has 0 radical (unpaired) electrons. The van der Waals surface area contributed by atoms with Gasteiger partial charge in [-0.2, -0.15) is 0 Å². The molecule has 2 aliphatic rings. The number of H-pyrrole nitrogens is 1. The molecule has 128 valence electrons. The molecule has 4 rings (SSSR count). The Morgan fingerprint density at radius 1 is 1.25 bits per heavy atom. The van der Waals surface area contributed by atoms with Crippen LogP contribution in [0.4, 0.5) is 0 Å². The third-order valence-electron chi connectivity index (χ3n) is 5.39. The van der Waals surface area contributed by atoms with E-state index < -0.39 is 0 Å². The molecule has 1 atom stereocenters. The van der Waals surface area contributed by atoms with Crippen LogP contribution in [-0.4, -0.2) is 34.9 Å². The van der Waals surface area contributed by atoms with Gasteiger partial charge >= 0.3 is 0 Å². The van der Waals surface area contributed by atoms with Crippen molar-refractivity contribution in [3.63, 3.8) is 0 Å². The molecule has 24 heavy (non-hydrogen) atoms. The van der Waals surface area contributed by atoms with Crippen LogP contribution in [0.15, 0.2) is 30.5 Å². The number of nitrogens with one attached hydrogen (secondary N) is 2. The number of benzene rings is 1. The fourth-order valence-corrected chi connectivity index (χ4v) is 3.90. The van der Waals surface area contributed by atoms with Crippen LogP contribution in [0, 0.1) is 5.92 Å². The van der Waals surface area contributed by atoms with Gasteiger partial charge < -0.3 is 10.3 Å². The second-order valence-corrected chi connectivity index (χ2v) is 7.48. The van der Waals surface area contributed by atoms with E-state index in [0.29, 0.717) is 18.4 Å². The maximum absolute atomic E-state index is 11.9. The van der Waals surface area contributed by atoms with Gasteiger partial charge in [-0.15, -0.1) is 0 Å². The zero-order chi connectivity index (χ0) is 16.4. The predicted octanol–water partition coefficient (Wildman–Crippen LogP) is 3.44. The molecule has 2 N–H and O–H groups in total. The lowest BCUT2D eigenvalue weighted by Gasteiger charge is -2.32. The van der Waals surface area contributed by atoms with E-state index in [1.54, 1.807) is 0 Å². The van der Waals surface area contributed by atoms with Crippen LogP contribution in [0.2, 0.25) is 0 Å². The first-order valence-electron chi connectivity index (χ1n) is 9.34. The molecule has 4 heteroatoms. The topological polar surface area (TPSA) is 48.1 Å². The number of carbonyl (C=O) groups is 1. The van der Waals surface area contributed by atoms with Gasteiger partial charge in [-0.05, 0) is 56.2 Å². The lowest BCUT2D eigenvalue weighted by Crippen LogP contribution is -2.35. The van der Waals surface area contributed by atoms with Crippen LogP contribution in [0.3, 0.4) is 0 Å². The van der Waals surface area contributed by atoms with Gasteiger partial charge in [0.25, 0.3) is 0 Å². The van der Waals surface area contributed by atoms with E-state index in [1.807, 2.05) is 0 Å². The monoisotopic (exact) mass is 325 g/mol. The quantitative estimate of drug-likeness (QED) is 0.855. The van der Waals surface area contributed by atoms with Crippen LogP contribution >= 0.6 is 0 Å². The van der Waals surface area contributed by atoms with E-state index in [4.69, 9.17) is 0 Å². The molecular formula is C20H27N3O. The van der Waals surface area contributed by atoms with Gasteiger partial charge in [-0.25, -0.2) is 0 Å². The lowest BCUT2D eigenvalue weighted by atomic mass is 9.93. The van der Waals surface area contributed by atoms with Crippen LogP contribution in [-0.2, 0) is 11.3 Å². The minimum atomic E-state index is 0.256. The first-order chi connectivity index (χ1) is 11.8. The van der Waals surface area contributed by atoms with Gasteiger partial charge in [0.2, 0.25) is 5.91 Å². The highest BCUT2D eigenvalue weighted by Gasteiger charge is 2.25. The average molecular weight is 325 g/mol. The number of aromatic amines is 1. The molecule has 4 nitrogen and oxygen atoms in total. The Morgan fingerprint density at radius 3 is 3.00 bits per heavy atom. The smallest absolute Gasteiger partial charge is 0.220 e. The largest absolute Gasteiger partial charge is 0.361 e. The number of nitrogens with zero attached hydrogens (tertiary/aromatic N) is 1. The summed E-state index contributed by atoms with van der Waals surface area (Å²) in [5, 5.41) is 4.44. The minimum absolute atomic E-state index is 0.256. The Hall–Kier alpha value is -1.81. The van der Waals surface area contributed by atoms with Crippen molar-refractivity contribution in [2.75, 3.05) is 13.1 Å². The molecule has 1 aliphatic heterocycles. The number of para-hydroxylation sites is 1. The van der Waals surface area contributed by atoms with Crippen molar-refractivity contribution >= 4 is 16.8 Å². The molecule has 2 heterocycles. The van der Waals surface area contributed by atoms with E-state index in [-0.39, 0.29) is 5.91 Å². The summed E-state index contributed by atoms with van der Waals surface area (Å²) in [6, 6.07) is 9.01. The van der Waals surface area contributed by atoms with E-state index in [2.05, 4.69) is 45.7 Å². The number of piperidine rings is 1. The molecule has 1 aromatic heterocycles. The highest BCUT2D eigenvalue weighted by atomic mass is 16.1. The van der Waals surface area contributed by atoms with E-state index in [0.717, 1.165) is 19.5 Å². The van der Waals surface area contributed by atoms with Crippen LogP contribution in [0.25, 0.3) is 10.9 Å². The second-order valence-electron chi connectivity index (χ2n) is 7.48. The molecule has 1 saturated carbocycles. The third kappa shape index (κ3) is 3.81. The summed E-state index contributed by atoms with van der Waals surface area (Å²) in [7, 11) is 0. The highest BCUT2D eigenvalue weighted by Crippen LogP contribution is 2.25. The summed E-state index contributed by atoms with van der Waals surface area (Å²) < 4.78 is 0. The lowest BCUT2D eigenvalue weighted by molar-refractivity contribution is -0.121. The Bertz CT molecular complexity index is 704. The van der Waals surface area contributed by atoms with Crippen molar-refractivity contribution in [3.05, 3.63) is 36.0 Å². The van der Waals surface area contributed by atoms with Crippen molar-refractivity contribution in [1.82, 2.24) is 15.2 Å². The molecule has 2 aromatic rings. The van der Waals surface area contributed by atoms with Gasteiger partial charge in [0.05, 0.1) is 0 Å². The standard InChI is InChI=1S/C20H27N3O/c24-20(22-17-8-9-17)10-7-15-4-3-11-23(13-15)14-16-12-21-19-6-2-1-5-18(16)19/h1-2,5-6,12,15,17,21H,3-4,7-11,13-14H2,(H,22,24)/t15-/m0/s1. The molecule has 0 spiro atoms. The molecule has 1 saturated heterocycles. The Morgan fingerprint density at radius 2 is 2.12 bits per heavy atom. The Balaban J connectivity index is 1.30. The molecule has 2 fully saturated rings. The van der Waals surface area contributed by atoms with Gasteiger partial charge in [0.15, 0.2) is 0 Å². The molecule has 1 amide bonds. The number of hydrogen-bond donors (Lipinski definition) is 2. The van der Waals surface area contributed by atoms with E-state index in [1.165, 1.54) is 48.7 Å². The molecule has 0 bridgehead atoms. The fourth-order valence-electron chi connectivity index (χ4n) is 3.90. The molecule has 0 unspecified atom stereocenters. The molecular weight excluding hydrogens is 298 g/mol. The molecule has 1 aliphatic carbocycles. The highest BCUT2D eigenvalue weighted by molar-refractivity contribution is 5.83. The maximum Gasteiger partial charge on any atom is 0.220 e. The minimum Gasteiger partial charge on any atom is -0.361 e. The van der Waals surface area contributed by atoms with Gasteiger partial charge in [-0.3, -0.25) is 9.69 Å². The van der Waals surface area contributed by atoms with Gasteiger partial charge in [0, 0.05) is 42.7 Å². The van der Waals surface area contributed by atoms with Crippen molar-refractivity contribution in [2.45, 2.75) is 51.1 Å². The zero-order valence-corrected chi connectivity index (χ0v) is 14.3. The van der Waals surface area contributed by atoms with Crippen molar-refractivity contribution in [2.24, 2.45) is 5.92 Å². The van der Waals surface area contributed by atoms with E-state index in [9.17, 15) is 4.79 Å². The number of likely N-dealkylation sites (tertiary alicyclic amines) is 1. The number of rotatable bonds is 6. The van der Waals surface area contributed by atoms with Crippen molar-refractivity contribution in [3.8, 4) is 0 Å². The first-order valence-corrected chi connectivity index (χ1v) is 9.34. The van der Waals surface area contributed by atoms with Crippen molar-refractivity contribution in [1.29, 1.82) is 0 Å². The van der Waals surface area contributed by atoms with Gasteiger partial charge in [-0.1, -0.05) is 18.2 Å². The van der Waals surface area contributed by atoms with Gasteiger partial charge in [0.1, 0.15) is 0 Å². The maximum atomic E-state index is 11.9. The van der Waals surface area contributed by atoms with Crippen LogP contribution in [0.5, 0.6) is 0 Å². The number of amides is 1. The number of hydrogen-bond acceptors (Lipinski definition) is 2. The SMILES string of the molecule is O=C(CC[C@@H]1CCCN(Cc2c[nH]c3ccccc23)C1)NC1CC1. The summed E-state index contributed by atoms with van der Waals surface area (Å²) in [5.74, 6) is 0.917. The Kier molecular flexibility index (Phi) is 4.56. The summed E-state index contributed by atoms with van der Waals surface area (Å²) >= 11 is 0. The third-order valence-corrected chi connectivity index (χ3v) is 5.39. The molecule has 1 aromatic carbocycles. The first kappa shape index (κ1) is 15.7. The summed E-state index contributed by atoms with van der Waals surface area (Å²) in [5.41, 5.74) is 2.61. The number of fused-ring (bicyclic) bond motifs is 1. The second kappa shape index (κ2) is 6.98. The van der Waals surface area contributed by atoms with E-state index >= 15 is 0 Å². The average Bonchev–Trinajstić information content (AvgIpc) is 3.33. The number of carbonyl (C=O) groups excluding carboxylic acids is 1. The summed E-state index contributed by atoms with van der Waals surface area (Å²) in [6.45, 7) is 3.30. The number of aromatic nitrogens is 1. The normalized spacial score (nSPS) is 21.9. The van der Waals surface area contributed by atoms with Crippen molar-refractivity contribution < 1.29 is 4.79 Å². The summed E-state index contributed by atoms with van der Waals surface area (Å²) in [4.78, 5) is 17.8. The predicted molar refractivity (Wildman–Crippen MR) is 96.7 cm³/mol. The van der Waals surface area contributed by atoms with Crippen LogP contribution in [0.1, 0.15) is 44.1 Å². The Labute approximate surface area is 143 Å².